The number of aromatic nitrogens is 1. The van der Waals surface area contributed by atoms with Crippen molar-refractivity contribution < 1.29 is 57.8 Å². The number of aliphatic hydroxyl groups is 1. The van der Waals surface area contributed by atoms with Crippen LogP contribution < -0.4 is 54.2 Å². The van der Waals surface area contributed by atoms with Gasteiger partial charge in [0.2, 0.25) is 52.7 Å². The molecule has 2 aromatic rings. The van der Waals surface area contributed by atoms with Crippen LogP contribution in [0.3, 0.4) is 0 Å². The van der Waals surface area contributed by atoms with Gasteiger partial charge >= 0.3 is 0 Å². The van der Waals surface area contributed by atoms with E-state index in [0.717, 1.165) is 42.1 Å². The first-order valence-electron chi connectivity index (χ1n) is 28.0. The minimum absolute atomic E-state index is 0.0392. The Hall–Kier alpha value is -6.37. The maximum Gasteiger partial charge on any atom is 0.246 e. The number of hydrogen-bond donors (Lipinski definition) is 12. The molecule has 0 fully saturated rings. The van der Waals surface area contributed by atoms with Gasteiger partial charge < -0.3 is 42.4 Å². The van der Waals surface area contributed by atoms with Gasteiger partial charge in [0, 0.05) is 30.1 Å². The van der Waals surface area contributed by atoms with Crippen molar-refractivity contribution >= 4 is 75.1 Å². The van der Waals surface area contributed by atoms with Gasteiger partial charge in [-0.15, -0.1) is 0 Å². The molecule has 0 spiro atoms. The maximum atomic E-state index is 14.6. The fraction of sp³-hybridized carbons (Fsp3) is 0.632. The lowest BCUT2D eigenvalue weighted by Crippen LogP contribution is -2.63. The monoisotopic (exact) mass is 1120 g/mol. The number of aromatic amines is 1. The van der Waals surface area contributed by atoms with Crippen molar-refractivity contribution in [1.82, 2.24) is 47.6 Å². The maximum absolute atomic E-state index is 14.6. The number of carbonyl (C=O) groups excluding carboxylic acids is 11. The van der Waals surface area contributed by atoms with Crippen molar-refractivity contribution in [2.75, 3.05) is 26.2 Å². The predicted octanol–water partition coefficient (Wildman–Crippen LogP) is 1.02. The molecule has 23 nitrogen and oxygen atoms in total. The molecule has 3 rings (SSSR count). The molecule has 23 heteroatoms. The fourth-order valence-corrected chi connectivity index (χ4v) is 9.26. The molecule has 5 amide bonds. The van der Waals surface area contributed by atoms with Gasteiger partial charge in [-0.3, -0.25) is 69.2 Å². The van der Waals surface area contributed by atoms with E-state index in [1.807, 2.05) is 50.3 Å². The highest BCUT2D eigenvalue weighted by Gasteiger charge is 2.40. The van der Waals surface area contributed by atoms with E-state index in [2.05, 4.69) is 47.6 Å². The highest BCUT2D eigenvalue weighted by Crippen LogP contribution is 2.23. The molecular formula is C57H89N11O12. The second kappa shape index (κ2) is 33.4. The number of Topliss-reactive ketones (excluding diaryl/α,β-unsaturated/α-hetero) is 6. The molecule has 1 aliphatic rings. The number of amides is 5. The summed E-state index contributed by atoms with van der Waals surface area (Å²) in [4.78, 5) is 152. The molecule has 0 aliphatic carbocycles. The summed E-state index contributed by atoms with van der Waals surface area (Å²) in [5.74, 6) is -3.80. The highest BCUT2D eigenvalue weighted by molar-refractivity contribution is 6.41. The summed E-state index contributed by atoms with van der Waals surface area (Å²) in [5.41, 5.74) is 6.38. The lowest BCUT2D eigenvalue weighted by molar-refractivity contribution is -0.140. The van der Waals surface area contributed by atoms with Crippen molar-refractivity contribution in [3.63, 3.8) is 0 Å². The zero-order chi connectivity index (χ0) is 59.7. The largest absolute Gasteiger partial charge is 0.394 e. The van der Waals surface area contributed by atoms with E-state index in [1.165, 1.54) is 34.6 Å². The van der Waals surface area contributed by atoms with Crippen molar-refractivity contribution in [3.8, 4) is 0 Å². The number of H-pyrrole nitrogens is 1. The van der Waals surface area contributed by atoms with Gasteiger partial charge in [0.15, 0.2) is 5.78 Å². The molecular weight excluding hydrogens is 1030 g/mol. The zero-order valence-corrected chi connectivity index (χ0v) is 48.0. The molecule has 444 valence electrons. The van der Waals surface area contributed by atoms with Gasteiger partial charge in [-0.05, 0) is 117 Å². The predicted molar refractivity (Wildman–Crippen MR) is 302 cm³/mol. The first kappa shape index (κ1) is 67.9. The van der Waals surface area contributed by atoms with E-state index >= 15 is 0 Å². The average molecular weight is 1120 g/mol. The second-order valence-corrected chi connectivity index (χ2v) is 22.1. The van der Waals surface area contributed by atoms with Crippen LogP contribution in [0.1, 0.15) is 144 Å². The summed E-state index contributed by atoms with van der Waals surface area (Å²) in [6, 6.07) is -0.426. The lowest BCUT2D eigenvalue weighted by atomic mass is 9.88. The third-order valence-corrected chi connectivity index (χ3v) is 14.7. The normalized spacial score (nSPS) is 24.8. The first-order chi connectivity index (χ1) is 37.8. The van der Waals surface area contributed by atoms with Crippen LogP contribution in [0.5, 0.6) is 0 Å². The summed E-state index contributed by atoms with van der Waals surface area (Å²) in [6.07, 6.45) is 11.1. The Morgan fingerprint density at radius 1 is 0.800 bits per heavy atom. The van der Waals surface area contributed by atoms with E-state index in [-0.39, 0.29) is 69.2 Å². The lowest BCUT2D eigenvalue weighted by Gasteiger charge is -2.33. The van der Waals surface area contributed by atoms with Gasteiger partial charge in [0.25, 0.3) is 0 Å². The van der Waals surface area contributed by atoms with Gasteiger partial charge in [0.1, 0.15) is 17.4 Å². The Morgan fingerprint density at radius 3 is 2.11 bits per heavy atom. The Balaban J connectivity index is 2.04. The number of fused-ring (bicyclic) bond motifs is 1. The summed E-state index contributed by atoms with van der Waals surface area (Å²) >= 11 is 0. The van der Waals surface area contributed by atoms with Gasteiger partial charge in [-0.25, -0.2) is 5.43 Å². The molecule has 14 N–H and O–H groups in total. The molecule has 80 heavy (non-hydrogen) atoms. The molecule has 1 aromatic heterocycles. The minimum atomic E-state index is -1.72. The third-order valence-electron chi connectivity index (χ3n) is 14.7. The fourth-order valence-electron chi connectivity index (χ4n) is 9.26. The van der Waals surface area contributed by atoms with Crippen LogP contribution in [-0.2, 0) is 59.2 Å². The van der Waals surface area contributed by atoms with Gasteiger partial charge in [-0.2, -0.15) is 0 Å². The SMILES string of the molecule is CC(=O)CN[C@]1(C)CCCCCC/C=C\CCC[C@@](C)(C(=O)N[C@@H](CO)C(=O)N[C@@H](C)C(=O)C(=O)[C@H](C)NN)NC(=O)[C@H](CCC(C)C)CN[C@@H](CCC(N)=O)C(=O)C(=O)C(C)NC(=O)[C@H](Cc2c[nH]c3ccccc23)NCC1=O. The number of hydrazine groups is 1. The van der Waals surface area contributed by atoms with E-state index in [1.54, 1.807) is 13.1 Å². The number of nitrogens with one attached hydrogen (secondary N) is 9. The summed E-state index contributed by atoms with van der Waals surface area (Å²) in [7, 11) is 0. The van der Waals surface area contributed by atoms with Crippen LogP contribution in [0.15, 0.2) is 42.6 Å². The van der Waals surface area contributed by atoms with Crippen LogP contribution in [0, 0.1) is 11.8 Å². The number of ketones is 6. The Labute approximate surface area is 469 Å². The number of nitrogens with two attached hydrogens (primary N) is 2. The Kier molecular flexibility index (Phi) is 28.3. The molecule has 2 heterocycles. The highest BCUT2D eigenvalue weighted by atomic mass is 16.3. The zero-order valence-electron chi connectivity index (χ0n) is 48.0. The summed E-state index contributed by atoms with van der Waals surface area (Å²) in [6.45, 7) is 11.0. The number of hydrogen-bond acceptors (Lipinski definition) is 17. The average Bonchev–Trinajstić information content (AvgIpc) is 3.83. The molecule has 1 unspecified atom stereocenters. The van der Waals surface area contributed by atoms with Crippen LogP contribution in [-0.4, -0.2) is 148 Å². The number of rotatable bonds is 20. The number of para-hydroxylation sites is 1. The standard InChI is InChI=1S/C57H89N11O12/c1-34(2)22-23-39-30-61-43(24-25-47(58)72)51(76)49(74)37(5)64-53(78)44(28-40-31-60-42-21-17-16-20-41(40)42)62-32-46(71)56(7,63-29-35(3)70)26-18-14-12-10-9-11-13-15-19-27-57(8,67-52(39)77)55(80)66-45(33-69)54(79)65-36(4)48(73)50(75)38(6)68-59/h11,13,16-17,20-21,31,34,36-39,43-45,60-63,68-69H,9-10,12,14-15,18-19,22-30,32-33,59H2,1-8H3,(H2,58,72)(H,64,78)(H,65,79)(H,66,80)(H,67,77)/b13-11-/t36-,37?,38-,39+,43-,44-,45-,56+,57-/m0/s1. The Bertz CT molecular complexity index is 2510. The third kappa shape index (κ3) is 21.6. The van der Waals surface area contributed by atoms with Crippen molar-refractivity contribution in [2.45, 2.75) is 193 Å². The smallest absolute Gasteiger partial charge is 0.246 e. The van der Waals surface area contributed by atoms with Gasteiger partial charge in [0.05, 0.1) is 61.4 Å². The molecule has 0 radical (unpaired) electrons. The van der Waals surface area contributed by atoms with E-state index in [0.29, 0.717) is 32.1 Å². The van der Waals surface area contributed by atoms with E-state index in [4.69, 9.17) is 11.6 Å². The molecule has 0 bridgehead atoms. The number of carbonyl (C=O) groups is 11. The van der Waals surface area contributed by atoms with E-state index < -0.39 is 113 Å². The molecule has 1 aromatic carbocycles. The van der Waals surface area contributed by atoms with Crippen molar-refractivity contribution in [3.05, 3.63) is 48.2 Å². The molecule has 0 saturated heterocycles. The van der Waals surface area contributed by atoms with Crippen molar-refractivity contribution in [2.24, 2.45) is 23.4 Å². The Morgan fingerprint density at radius 2 is 1.46 bits per heavy atom. The molecule has 1 aliphatic heterocycles. The quantitative estimate of drug-likeness (QED) is 0.0381. The number of aliphatic hydroxyl groups excluding tert-OH is 1. The van der Waals surface area contributed by atoms with Crippen LogP contribution >= 0.6 is 0 Å². The molecule has 0 saturated carbocycles. The minimum Gasteiger partial charge on any atom is -0.394 e. The van der Waals surface area contributed by atoms with Gasteiger partial charge in [-0.1, -0.05) is 69.9 Å². The number of benzene rings is 1. The van der Waals surface area contributed by atoms with Crippen LogP contribution in [0.4, 0.5) is 0 Å². The van der Waals surface area contributed by atoms with Crippen LogP contribution in [0.25, 0.3) is 10.9 Å². The number of primary amides is 1. The topological polar surface area (TPSA) is 372 Å². The van der Waals surface area contributed by atoms with Crippen LogP contribution in [0.2, 0.25) is 0 Å². The summed E-state index contributed by atoms with van der Waals surface area (Å²) < 4.78 is 0. The summed E-state index contributed by atoms with van der Waals surface area (Å²) in [5, 5.41) is 30.8. The molecule has 9 atom stereocenters. The first-order valence-corrected chi connectivity index (χ1v) is 28.0. The number of allylic oxidation sites excluding steroid dienone is 2. The van der Waals surface area contributed by atoms with E-state index in [9.17, 15) is 57.8 Å². The van der Waals surface area contributed by atoms with Crippen molar-refractivity contribution in [1.29, 1.82) is 0 Å². The second-order valence-electron chi connectivity index (χ2n) is 22.1.